The van der Waals surface area contributed by atoms with E-state index < -0.39 is 9.84 Å². The summed E-state index contributed by atoms with van der Waals surface area (Å²) in [6, 6.07) is 0. The van der Waals surface area contributed by atoms with Crippen molar-refractivity contribution in [1.29, 1.82) is 0 Å². The highest BCUT2D eigenvalue weighted by Crippen LogP contribution is 1.97. The van der Waals surface area contributed by atoms with Crippen LogP contribution >= 0.6 is 11.6 Å². The number of halogens is 1. The predicted octanol–water partition coefficient (Wildman–Crippen LogP) is 2.00. The zero-order valence-electron chi connectivity index (χ0n) is 7.29. The van der Waals surface area contributed by atoms with Gasteiger partial charge in [-0.1, -0.05) is 12.2 Å². The third-order valence-electron chi connectivity index (χ3n) is 1.33. The van der Waals surface area contributed by atoms with Gasteiger partial charge in [-0.3, -0.25) is 0 Å². The molecule has 0 atom stereocenters. The third-order valence-corrected chi connectivity index (χ3v) is 2.58. The van der Waals surface area contributed by atoms with Crippen LogP contribution < -0.4 is 0 Å². The first kappa shape index (κ1) is 12.0. The maximum atomic E-state index is 10.7. The summed E-state index contributed by atoms with van der Waals surface area (Å²) < 4.78 is 21.3. The van der Waals surface area contributed by atoms with Crippen LogP contribution in [0.25, 0.3) is 0 Å². The highest BCUT2D eigenvalue weighted by atomic mass is 35.5. The molecular formula is C8H15ClO2S. The fourth-order valence-electron chi connectivity index (χ4n) is 0.762. The van der Waals surface area contributed by atoms with E-state index in [1.165, 1.54) is 6.26 Å². The molecule has 0 bridgehead atoms. The topological polar surface area (TPSA) is 34.1 Å². The minimum atomic E-state index is -2.78. The predicted molar refractivity (Wildman–Crippen MR) is 53.4 cm³/mol. The van der Waals surface area contributed by atoms with Gasteiger partial charge in [0.05, 0.1) is 5.75 Å². The molecule has 0 amide bonds. The second kappa shape index (κ2) is 6.49. The molecule has 0 aliphatic carbocycles. The van der Waals surface area contributed by atoms with E-state index in [0.29, 0.717) is 12.3 Å². The Morgan fingerprint density at radius 3 is 2.33 bits per heavy atom. The molecule has 0 aliphatic heterocycles. The van der Waals surface area contributed by atoms with Crippen LogP contribution in [0.3, 0.4) is 0 Å². The van der Waals surface area contributed by atoms with Crippen molar-refractivity contribution in [2.24, 2.45) is 0 Å². The van der Waals surface area contributed by atoms with E-state index >= 15 is 0 Å². The summed E-state index contributed by atoms with van der Waals surface area (Å²) in [6.07, 6.45) is 7.61. The van der Waals surface area contributed by atoms with E-state index in [1.54, 1.807) is 0 Å². The Hall–Kier alpha value is -0.0200. The Morgan fingerprint density at radius 1 is 1.25 bits per heavy atom. The van der Waals surface area contributed by atoms with Crippen LogP contribution in [-0.2, 0) is 9.84 Å². The molecule has 0 unspecified atom stereocenters. The number of hydrogen-bond donors (Lipinski definition) is 0. The zero-order valence-corrected chi connectivity index (χ0v) is 8.87. The minimum absolute atomic E-state index is 0.276. The SMILES string of the molecule is CS(=O)(=O)CCCC=CCCCl. The Balaban J connectivity index is 3.34. The molecular weight excluding hydrogens is 196 g/mol. The van der Waals surface area contributed by atoms with E-state index in [4.69, 9.17) is 11.6 Å². The van der Waals surface area contributed by atoms with Gasteiger partial charge in [-0.05, 0) is 19.3 Å². The van der Waals surface area contributed by atoms with Gasteiger partial charge >= 0.3 is 0 Å². The van der Waals surface area contributed by atoms with Crippen molar-refractivity contribution in [2.75, 3.05) is 17.9 Å². The number of rotatable bonds is 6. The maximum Gasteiger partial charge on any atom is 0.147 e. The van der Waals surface area contributed by atoms with Crippen molar-refractivity contribution in [3.63, 3.8) is 0 Å². The van der Waals surface area contributed by atoms with Gasteiger partial charge in [-0.2, -0.15) is 0 Å². The van der Waals surface area contributed by atoms with E-state index in [2.05, 4.69) is 0 Å². The first-order chi connectivity index (χ1) is 5.56. The fourth-order valence-corrected chi connectivity index (χ4v) is 1.58. The summed E-state index contributed by atoms with van der Waals surface area (Å²) in [5, 5.41) is 0. The molecule has 4 heteroatoms. The second-order valence-corrected chi connectivity index (χ2v) is 5.36. The number of unbranched alkanes of at least 4 members (excludes halogenated alkanes) is 1. The molecule has 0 heterocycles. The molecule has 0 radical (unpaired) electrons. The fraction of sp³-hybridized carbons (Fsp3) is 0.750. The Morgan fingerprint density at radius 2 is 1.83 bits per heavy atom. The van der Waals surface area contributed by atoms with Crippen molar-refractivity contribution in [3.8, 4) is 0 Å². The summed E-state index contributed by atoms with van der Waals surface area (Å²) in [7, 11) is -2.78. The maximum absolute atomic E-state index is 10.7. The number of alkyl halides is 1. The van der Waals surface area contributed by atoms with Crippen molar-refractivity contribution < 1.29 is 8.42 Å². The van der Waals surface area contributed by atoms with Crippen molar-refractivity contribution in [2.45, 2.75) is 19.3 Å². The van der Waals surface area contributed by atoms with Crippen LogP contribution in [0.4, 0.5) is 0 Å². The quantitative estimate of drug-likeness (QED) is 0.382. The number of hydrogen-bond acceptors (Lipinski definition) is 2. The summed E-state index contributed by atoms with van der Waals surface area (Å²) in [4.78, 5) is 0. The lowest BCUT2D eigenvalue weighted by Crippen LogP contribution is -2.01. The lowest BCUT2D eigenvalue weighted by molar-refractivity contribution is 0.599. The Kier molecular flexibility index (Phi) is 6.48. The number of allylic oxidation sites excluding steroid dienone is 2. The number of sulfone groups is 1. The van der Waals surface area contributed by atoms with Gasteiger partial charge in [-0.25, -0.2) is 8.42 Å². The normalized spacial score (nSPS) is 12.5. The summed E-state index contributed by atoms with van der Waals surface area (Å²) in [5.74, 6) is 0.904. The Bertz CT molecular complexity index is 219. The molecule has 0 aromatic rings. The highest BCUT2D eigenvalue weighted by molar-refractivity contribution is 7.90. The van der Waals surface area contributed by atoms with Gasteiger partial charge in [0.25, 0.3) is 0 Å². The van der Waals surface area contributed by atoms with E-state index in [-0.39, 0.29) is 5.75 Å². The summed E-state index contributed by atoms with van der Waals surface area (Å²) >= 11 is 5.44. The molecule has 72 valence electrons. The zero-order chi connectivity index (χ0) is 9.45. The molecule has 2 nitrogen and oxygen atoms in total. The lowest BCUT2D eigenvalue weighted by atomic mass is 10.3. The van der Waals surface area contributed by atoms with E-state index in [9.17, 15) is 8.42 Å². The molecule has 12 heavy (non-hydrogen) atoms. The standard InChI is InChI=1S/C8H15ClO2S/c1-12(10,11)8-6-4-2-3-5-7-9/h2-3H,4-8H2,1H3. The summed E-state index contributed by atoms with van der Waals surface area (Å²) in [5.41, 5.74) is 0. The molecule has 0 aromatic heterocycles. The van der Waals surface area contributed by atoms with Crippen LogP contribution in [-0.4, -0.2) is 26.3 Å². The minimum Gasteiger partial charge on any atom is -0.229 e. The summed E-state index contributed by atoms with van der Waals surface area (Å²) in [6.45, 7) is 0. The van der Waals surface area contributed by atoms with Crippen LogP contribution in [0.15, 0.2) is 12.2 Å². The first-order valence-electron chi connectivity index (χ1n) is 3.95. The van der Waals surface area contributed by atoms with Crippen molar-refractivity contribution in [3.05, 3.63) is 12.2 Å². The molecule has 0 aliphatic rings. The van der Waals surface area contributed by atoms with Crippen LogP contribution in [0.2, 0.25) is 0 Å². The van der Waals surface area contributed by atoms with E-state index in [1.807, 2.05) is 12.2 Å². The van der Waals surface area contributed by atoms with Gasteiger partial charge in [0.2, 0.25) is 0 Å². The third kappa shape index (κ3) is 9.98. The molecule has 0 saturated heterocycles. The molecule has 0 N–H and O–H groups in total. The lowest BCUT2D eigenvalue weighted by Gasteiger charge is -1.93. The van der Waals surface area contributed by atoms with Crippen LogP contribution in [0, 0.1) is 0 Å². The average molecular weight is 211 g/mol. The van der Waals surface area contributed by atoms with Crippen LogP contribution in [0.1, 0.15) is 19.3 Å². The van der Waals surface area contributed by atoms with E-state index in [0.717, 1.165) is 12.8 Å². The van der Waals surface area contributed by atoms with Gasteiger partial charge in [0.1, 0.15) is 9.84 Å². The molecule has 0 fully saturated rings. The first-order valence-corrected chi connectivity index (χ1v) is 6.54. The van der Waals surface area contributed by atoms with Gasteiger partial charge in [0, 0.05) is 12.1 Å². The van der Waals surface area contributed by atoms with Crippen molar-refractivity contribution >= 4 is 21.4 Å². The van der Waals surface area contributed by atoms with Gasteiger partial charge in [0.15, 0.2) is 0 Å². The largest absolute Gasteiger partial charge is 0.229 e. The highest BCUT2D eigenvalue weighted by Gasteiger charge is 1.98. The molecule has 0 rings (SSSR count). The Labute approximate surface area is 79.5 Å². The van der Waals surface area contributed by atoms with Crippen LogP contribution in [0.5, 0.6) is 0 Å². The smallest absolute Gasteiger partial charge is 0.147 e. The monoisotopic (exact) mass is 210 g/mol. The van der Waals surface area contributed by atoms with Gasteiger partial charge < -0.3 is 0 Å². The van der Waals surface area contributed by atoms with Crippen molar-refractivity contribution in [1.82, 2.24) is 0 Å². The molecule has 0 aromatic carbocycles. The second-order valence-electron chi connectivity index (χ2n) is 2.72. The molecule has 0 saturated carbocycles. The van der Waals surface area contributed by atoms with Gasteiger partial charge in [-0.15, -0.1) is 11.6 Å². The molecule has 0 spiro atoms. The average Bonchev–Trinajstić information content (AvgIpc) is 1.94.